The van der Waals surface area contributed by atoms with Crippen LogP contribution >= 0.6 is 0 Å². The number of hydrogen-bond acceptors (Lipinski definition) is 5. The summed E-state index contributed by atoms with van der Waals surface area (Å²) < 4.78 is 5.09. The molecule has 1 saturated heterocycles. The van der Waals surface area contributed by atoms with Crippen molar-refractivity contribution in [2.24, 2.45) is 7.05 Å². The van der Waals surface area contributed by atoms with Crippen molar-refractivity contribution in [1.29, 1.82) is 0 Å². The molecule has 0 radical (unpaired) electrons. The van der Waals surface area contributed by atoms with Gasteiger partial charge in [-0.2, -0.15) is 4.80 Å². The molecule has 0 N–H and O–H groups in total. The molecule has 2 rings (SSSR count). The van der Waals surface area contributed by atoms with Crippen LogP contribution in [0.3, 0.4) is 0 Å². The van der Waals surface area contributed by atoms with Gasteiger partial charge in [-0.05, 0) is 12.1 Å². The summed E-state index contributed by atoms with van der Waals surface area (Å²) in [7, 11) is 3.35. The third-order valence-electron chi connectivity index (χ3n) is 2.34. The third-order valence-corrected chi connectivity index (χ3v) is 2.34. The van der Waals surface area contributed by atoms with Gasteiger partial charge in [0.2, 0.25) is 5.82 Å². The van der Waals surface area contributed by atoms with E-state index in [1.54, 1.807) is 14.1 Å². The molecule has 2 heterocycles. The van der Waals surface area contributed by atoms with Crippen LogP contribution in [-0.4, -0.2) is 44.3 Å². The summed E-state index contributed by atoms with van der Waals surface area (Å²) in [6, 6.07) is -0.0632. The lowest BCUT2D eigenvalue weighted by molar-refractivity contribution is 0.127. The maximum absolute atomic E-state index is 11.2. The highest BCUT2D eigenvalue weighted by molar-refractivity contribution is 5.70. The Morgan fingerprint density at radius 2 is 2.14 bits per heavy atom. The number of carbonyl (C=O) groups is 1. The minimum atomic E-state index is -0.416. The second kappa shape index (κ2) is 2.93. The van der Waals surface area contributed by atoms with Crippen LogP contribution in [0.15, 0.2) is 0 Å². The number of tetrazole rings is 1. The van der Waals surface area contributed by atoms with Gasteiger partial charge in [-0.1, -0.05) is 0 Å². The molecule has 76 valence electrons. The van der Waals surface area contributed by atoms with Crippen LogP contribution < -0.4 is 0 Å². The molecule has 1 fully saturated rings. The molecule has 14 heavy (non-hydrogen) atoms. The third kappa shape index (κ3) is 1.21. The van der Waals surface area contributed by atoms with Gasteiger partial charge < -0.3 is 9.64 Å². The number of cyclic esters (lactones) is 1. The molecule has 7 nitrogen and oxygen atoms in total. The van der Waals surface area contributed by atoms with E-state index in [4.69, 9.17) is 4.74 Å². The van der Waals surface area contributed by atoms with Crippen LogP contribution in [-0.2, 0) is 11.8 Å². The van der Waals surface area contributed by atoms with Gasteiger partial charge in [0.05, 0.1) is 13.1 Å². The molecule has 1 aromatic rings. The van der Waals surface area contributed by atoms with Crippen molar-refractivity contribution in [3.8, 4) is 0 Å². The van der Waals surface area contributed by atoms with E-state index < -0.39 is 6.10 Å². The fourth-order valence-electron chi connectivity index (χ4n) is 1.34. The Morgan fingerprint density at radius 1 is 1.43 bits per heavy atom. The molecular formula is C7H11N5O2. The summed E-state index contributed by atoms with van der Waals surface area (Å²) in [5, 5.41) is 11.5. The molecule has 0 aliphatic carbocycles. The van der Waals surface area contributed by atoms with E-state index >= 15 is 0 Å². The van der Waals surface area contributed by atoms with Crippen molar-refractivity contribution >= 4 is 6.09 Å². The molecule has 1 aliphatic heterocycles. The first-order chi connectivity index (χ1) is 6.59. The maximum Gasteiger partial charge on any atom is 0.410 e. The molecule has 0 bridgehead atoms. The van der Waals surface area contributed by atoms with Crippen LogP contribution in [0, 0.1) is 0 Å². The van der Waals surface area contributed by atoms with Crippen LogP contribution in [0.2, 0.25) is 0 Å². The van der Waals surface area contributed by atoms with Crippen molar-refractivity contribution in [2.75, 3.05) is 7.05 Å². The number of nitrogens with zero attached hydrogens (tertiary/aromatic N) is 5. The number of amides is 1. The monoisotopic (exact) mass is 197 g/mol. The molecule has 1 aromatic heterocycles. The zero-order chi connectivity index (χ0) is 10.3. The van der Waals surface area contributed by atoms with Gasteiger partial charge in [-0.3, -0.25) is 0 Å². The quantitative estimate of drug-likeness (QED) is 0.619. The Bertz CT molecular complexity index is 363. The molecule has 0 aromatic carbocycles. The van der Waals surface area contributed by atoms with Gasteiger partial charge >= 0.3 is 6.09 Å². The van der Waals surface area contributed by atoms with Crippen molar-refractivity contribution in [2.45, 2.75) is 19.1 Å². The lowest BCUT2D eigenvalue weighted by Crippen LogP contribution is -2.27. The highest BCUT2D eigenvalue weighted by Gasteiger charge is 2.39. The Labute approximate surface area is 80.6 Å². The lowest BCUT2D eigenvalue weighted by Gasteiger charge is -2.12. The Hall–Kier alpha value is -1.66. The van der Waals surface area contributed by atoms with Gasteiger partial charge in [-0.25, -0.2) is 4.79 Å². The van der Waals surface area contributed by atoms with E-state index in [2.05, 4.69) is 15.4 Å². The fraction of sp³-hybridized carbons (Fsp3) is 0.714. The Balaban J connectivity index is 2.25. The highest BCUT2D eigenvalue weighted by Crippen LogP contribution is 2.28. The average molecular weight is 197 g/mol. The number of carbonyl (C=O) groups excluding carboxylic acids is 1. The summed E-state index contributed by atoms with van der Waals surface area (Å²) in [6.07, 6.45) is -0.767. The van der Waals surface area contributed by atoms with Crippen LogP contribution in [0.4, 0.5) is 4.79 Å². The first-order valence-electron chi connectivity index (χ1n) is 4.27. The van der Waals surface area contributed by atoms with Crippen molar-refractivity contribution in [3.05, 3.63) is 5.82 Å². The Kier molecular flexibility index (Phi) is 1.87. The number of ether oxygens (including phenoxy) is 1. The molecule has 0 saturated carbocycles. The van der Waals surface area contributed by atoms with E-state index in [0.717, 1.165) is 0 Å². The summed E-state index contributed by atoms with van der Waals surface area (Å²) in [6.45, 7) is 1.88. The minimum Gasteiger partial charge on any atom is -0.435 e. The molecule has 0 spiro atoms. The van der Waals surface area contributed by atoms with E-state index in [1.807, 2.05) is 6.92 Å². The maximum atomic E-state index is 11.2. The second-order valence-electron chi connectivity index (χ2n) is 3.29. The van der Waals surface area contributed by atoms with Crippen molar-refractivity contribution in [3.63, 3.8) is 0 Å². The van der Waals surface area contributed by atoms with Crippen molar-refractivity contribution in [1.82, 2.24) is 25.1 Å². The zero-order valence-corrected chi connectivity index (χ0v) is 8.21. The summed E-state index contributed by atoms with van der Waals surface area (Å²) in [5.41, 5.74) is 0. The molecule has 1 amide bonds. The zero-order valence-electron chi connectivity index (χ0n) is 8.21. The summed E-state index contributed by atoms with van der Waals surface area (Å²) >= 11 is 0. The number of rotatable bonds is 1. The average Bonchev–Trinajstić information content (AvgIpc) is 2.66. The van der Waals surface area contributed by atoms with E-state index in [9.17, 15) is 4.79 Å². The molecule has 0 unspecified atom stereocenters. The number of likely N-dealkylation sites (N-methyl/N-ethyl adjacent to an activating group) is 1. The van der Waals surface area contributed by atoms with Gasteiger partial charge in [-0.15, -0.1) is 10.2 Å². The fourth-order valence-corrected chi connectivity index (χ4v) is 1.34. The summed E-state index contributed by atoms with van der Waals surface area (Å²) in [5.74, 6) is 0.442. The van der Waals surface area contributed by atoms with Crippen molar-refractivity contribution < 1.29 is 9.53 Å². The predicted octanol–water partition coefficient (Wildman–Crippen LogP) is -0.278. The van der Waals surface area contributed by atoms with Gasteiger partial charge in [0.1, 0.15) is 0 Å². The Morgan fingerprint density at radius 3 is 2.57 bits per heavy atom. The van der Waals surface area contributed by atoms with E-state index in [-0.39, 0.29) is 12.1 Å². The molecule has 2 atom stereocenters. The van der Waals surface area contributed by atoms with Gasteiger partial charge in [0, 0.05) is 7.05 Å². The van der Waals surface area contributed by atoms with Gasteiger partial charge in [0.15, 0.2) is 6.10 Å². The molecule has 1 aliphatic rings. The number of hydrogen-bond donors (Lipinski definition) is 0. The standard InChI is InChI=1S/C7H11N5O2/c1-4-5(14-7(13)11(4)2)6-8-10-12(3)9-6/h4-5H,1-3H3/t4-,5-/m0/s1. The van der Waals surface area contributed by atoms with Crippen LogP contribution in [0.5, 0.6) is 0 Å². The largest absolute Gasteiger partial charge is 0.435 e. The topological polar surface area (TPSA) is 73.1 Å². The minimum absolute atomic E-state index is 0.0632. The first kappa shape index (κ1) is 8.92. The summed E-state index contributed by atoms with van der Waals surface area (Å²) in [4.78, 5) is 14.1. The second-order valence-corrected chi connectivity index (χ2v) is 3.29. The lowest BCUT2D eigenvalue weighted by atomic mass is 10.2. The normalized spacial score (nSPS) is 26.8. The molecular weight excluding hydrogens is 186 g/mol. The predicted molar refractivity (Wildman–Crippen MR) is 45.2 cm³/mol. The number of aromatic nitrogens is 4. The van der Waals surface area contributed by atoms with E-state index in [0.29, 0.717) is 5.82 Å². The highest BCUT2D eigenvalue weighted by atomic mass is 16.6. The molecule has 7 heteroatoms. The number of aryl methyl sites for hydroxylation is 1. The first-order valence-corrected chi connectivity index (χ1v) is 4.27. The smallest absolute Gasteiger partial charge is 0.410 e. The van der Waals surface area contributed by atoms with E-state index in [1.165, 1.54) is 9.70 Å². The van der Waals surface area contributed by atoms with Crippen LogP contribution in [0.1, 0.15) is 18.9 Å². The SMILES string of the molecule is C[C@H]1[C@@H](c2nnn(C)n2)OC(=O)N1C. The van der Waals surface area contributed by atoms with Gasteiger partial charge in [0.25, 0.3) is 0 Å². The van der Waals surface area contributed by atoms with Crippen LogP contribution in [0.25, 0.3) is 0 Å².